The monoisotopic (exact) mass is 359 g/mol. The van der Waals surface area contributed by atoms with E-state index in [1.54, 1.807) is 0 Å². The molecule has 0 saturated carbocycles. The number of carbonyl (C=O) groups is 1. The molecular weight excluding hydrogens is 357 g/mol. The first kappa shape index (κ1) is 13.3. The number of hydrogen-bond acceptors (Lipinski definition) is 2. The summed E-state index contributed by atoms with van der Waals surface area (Å²) >= 11 is 6.66. The molecule has 0 saturated heterocycles. The Kier molecular flexibility index (Phi) is 3.80. The van der Waals surface area contributed by atoms with Gasteiger partial charge in [-0.3, -0.25) is 4.79 Å². The van der Waals surface area contributed by atoms with E-state index in [0.717, 1.165) is 6.07 Å². The summed E-state index contributed by atoms with van der Waals surface area (Å²) in [5.74, 6) is 0. The van der Waals surface area contributed by atoms with E-state index in [1.165, 1.54) is 28.7 Å². The van der Waals surface area contributed by atoms with Crippen LogP contribution < -0.4 is 0 Å². The van der Waals surface area contributed by atoms with E-state index < -0.39 is 22.5 Å². The highest BCUT2D eigenvalue weighted by molar-refractivity contribution is 14.1. The lowest BCUT2D eigenvalue weighted by Crippen LogP contribution is -2.11. The standard InChI is InChI=1S/C9H2ClF3INO/c10-8(16)4-1-2-6(9(11,12)13)5(3-15)7(4)14/h1-2H. The number of nitriles is 1. The Labute approximate surface area is 107 Å². The average molecular weight is 359 g/mol. The van der Waals surface area contributed by atoms with Gasteiger partial charge in [0.15, 0.2) is 0 Å². The van der Waals surface area contributed by atoms with Gasteiger partial charge in [0, 0.05) is 9.13 Å². The zero-order valence-corrected chi connectivity index (χ0v) is 10.3. The van der Waals surface area contributed by atoms with Gasteiger partial charge in [0.2, 0.25) is 0 Å². The second-order valence-corrected chi connectivity index (χ2v) is 4.15. The smallest absolute Gasteiger partial charge is 0.276 e. The summed E-state index contributed by atoms with van der Waals surface area (Å²) in [5, 5.41) is 7.77. The van der Waals surface area contributed by atoms with Crippen LogP contribution >= 0.6 is 34.2 Å². The summed E-state index contributed by atoms with van der Waals surface area (Å²) in [6.45, 7) is 0. The van der Waals surface area contributed by atoms with Gasteiger partial charge in [-0.1, -0.05) is 0 Å². The minimum Gasteiger partial charge on any atom is -0.276 e. The number of alkyl halides is 3. The van der Waals surface area contributed by atoms with Crippen molar-refractivity contribution < 1.29 is 18.0 Å². The normalized spacial score (nSPS) is 11.0. The van der Waals surface area contributed by atoms with Gasteiger partial charge in [0.25, 0.3) is 5.24 Å². The third-order valence-electron chi connectivity index (χ3n) is 1.77. The van der Waals surface area contributed by atoms with E-state index in [2.05, 4.69) is 0 Å². The first-order valence-corrected chi connectivity index (χ1v) is 5.24. The van der Waals surface area contributed by atoms with Gasteiger partial charge >= 0.3 is 6.18 Å². The summed E-state index contributed by atoms with van der Waals surface area (Å²) in [6, 6.07) is 3.06. The Morgan fingerprint density at radius 1 is 1.44 bits per heavy atom. The fraction of sp³-hybridized carbons (Fsp3) is 0.111. The van der Waals surface area contributed by atoms with Gasteiger partial charge in [0.1, 0.15) is 6.07 Å². The number of benzene rings is 1. The van der Waals surface area contributed by atoms with E-state index in [9.17, 15) is 18.0 Å². The predicted molar refractivity (Wildman–Crippen MR) is 59.1 cm³/mol. The first-order valence-electron chi connectivity index (χ1n) is 3.78. The van der Waals surface area contributed by atoms with Crippen LogP contribution in [0.2, 0.25) is 0 Å². The topological polar surface area (TPSA) is 40.9 Å². The van der Waals surface area contributed by atoms with Crippen LogP contribution in [-0.4, -0.2) is 5.24 Å². The molecule has 2 nitrogen and oxygen atoms in total. The summed E-state index contributed by atoms with van der Waals surface area (Å²) in [7, 11) is 0. The van der Waals surface area contributed by atoms with Crippen LogP contribution in [-0.2, 0) is 6.18 Å². The molecule has 84 valence electrons. The summed E-state index contributed by atoms with van der Waals surface area (Å²) in [6.07, 6.45) is -4.63. The molecule has 0 spiro atoms. The maximum Gasteiger partial charge on any atom is 0.417 e. The van der Waals surface area contributed by atoms with Gasteiger partial charge in [0.05, 0.1) is 11.1 Å². The molecule has 0 aliphatic carbocycles. The number of rotatable bonds is 1. The van der Waals surface area contributed by atoms with Crippen LogP contribution in [0.4, 0.5) is 13.2 Å². The largest absolute Gasteiger partial charge is 0.417 e. The van der Waals surface area contributed by atoms with Gasteiger partial charge in [-0.2, -0.15) is 18.4 Å². The Bertz CT molecular complexity index is 493. The van der Waals surface area contributed by atoms with E-state index in [-0.39, 0.29) is 9.13 Å². The number of nitrogens with zero attached hydrogens (tertiary/aromatic N) is 1. The maximum absolute atomic E-state index is 12.5. The Hall–Kier alpha value is -0.810. The number of hydrogen-bond donors (Lipinski definition) is 0. The van der Waals surface area contributed by atoms with Gasteiger partial charge in [-0.15, -0.1) is 0 Å². The fourth-order valence-corrected chi connectivity index (χ4v) is 2.23. The van der Waals surface area contributed by atoms with Crippen LogP contribution in [0.25, 0.3) is 0 Å². The summed E-state index contributed by atoms with van der Waals surface area (Å²) in [4.78, 5) is 10.9. The second-order valence-electron chi connectivity index (χ2n) is 2.73. The lowest BCUT2D eigenvalue weighted by molar-refractivity contribution is -0.137. The molecule has 0 bridgehead atoms. The van der Waals surface area contributed by atoms with Crippen molar-refractivity contribution >= 4 is 39.4 Å². The van der Waals surface area contributed by atoms with Crippen molar-refractivity contribution in [1.82, 2.24) is 0 Å². The van der Waals surface area contributed by atoms with Crippen molar-refractivity contribution in [2.75, 3.05) is 0 Å². The molecule has 0 heterocycles. The zero-order chi connectivity index (χ0) is 12.5. The predicted octanol–water partition coefficient (Wildman–Crippen LogP) is 3.56. The molecule has 0 amide bonds. The van der Waals surface area contributed by atoms with Crippen molar-refractivity contribution in [3.8, 4) is 6.07 Å². The number of carbonyl (C=O) groups excluding carboxylic acids is 1. The van der Waals surface area contributed by atoms with Gasteiger partial charge in [-0.25, -0.2) is 0 Å². The Morgan fingerprint density at radius 2 is 2.00 bits per heavy atom. The van der Waals surface area contributed by atoms with Crippen LogP contribution in [0.1, 0.15) is 21.5 Å². The zero-order valence-electron chi connectivity index (χ0n) is 7.40. The molecule has 0 atom stereocenters. The molecule has 0 aliphatic rings. The van der Waals surface area contributed by atoms with Crippen LogP contribution in [0.3, 0.4) is 0 Å². The second kappa shape index (κ2) is 4.59. The molecule has 7 heteroatoms. The maximum atomic E-state index is 12.5. The lowest BCUT2D eigenvalue weighted by atomic mass is 10.0. The molecule has 1 aromatic rings. The van der Waals surface area contributed by atoms with Crippen LogP contribution in [0.5, 0.6) is 0 Å². The van der Waals surface area contributed by atoms with Crippen molar-refractivity contribution in [3.05, 3.63) is 32.4 Å². The highest BCUT2D eigenvalue weighted by Gasteiger charge is 2.35. The molecule has 0 N–H and O–H groups in total. The molecule has 16 heavy (non-hydrogen) atoms. The fourth-order valence-electron chi connectivity index (χ4n) is 1.07. The van der Waals surface area contributed by atoms with Crippen LogP contribution in [0, 0.1) is 14.9 Å². The van der Waals surface area contributed by atoms with E-state index in [4.69, 9.17) is 16.9 Å². The highest BCUT2D eigenvalue weighted by atomic mass is 127. The van der Waals surface area contributed by atoms with E-state index in [1.807, 2.05) is 0 Å². The lowest BCUT2D eigenvalue weighted by Gasteiger charge is -2.11. The number of halogens is 5. The molecule has 0 aromatic heterocycles. The Balaban J connectivity index is 3.56. The van der Waals surface area contributed by atoms with Gasteiger partial charge in [-0.05, 0) is 46.3 Å². The van der Waals surface area contributed by atoms with Gasteiger partial charge < -0.3 is 0 Å². The van der Waals surface area contributed by atoms with Crippen molar-refractivity contribution in [3.63, 3.8) is 0 Å². The van der Waals surface area contributed by atoms with Crippen molar-refractivity contribution in [2.24, 2.45) is 0 Å². The highest BCUT2D eigenvalue weighted by Crippen LogP contribution is 2.34. The summed E-state index contributed by atoms with van der Waals surface area (Å²) in [5.41, 5.74) is -1.76. The SMILES string of the molecule is N#Cc1c(C(F)(F)F)ccc(C(=O)Cl)c1I. The summed E-state index contributed by atoms with van der Waals surface area (Å²) < 4.78 is 37.3. The van der Waals surface area contributed by atoms with E-state index in [0.29, 0.717) is 6.07 Å². The van der Waals surface area contributed by atoms with Crippen molar-refractivity contribution in [1.29, 1.82) is 5.26 Å². The minimum absolute atomic E-state index is 0.0880. The minimum atomic E-state index is -4.63. The molecule has 0 radical (unpaired) electrons. The quantitative estimate of drug-likeness (QED) is 0.568. The molecule has 0 unspecified atom stereocenters. The first-order chi connectivity index (χ1) is 7.29. The van der Waals surface area contributed by atoms with E-state index >= 15 is 0 Å². The molecular formula is C9H2ClF3INO. The molecule has 1 rings (SSSR count). The average Bonchev–Trinajstić information content (AvgIpc) is 2.15. The van der Waals surface area contributed by atoms with Crippen molar-refractivity contribution in [2.45, 2.75) is 6.18 Å². The van der Waals surface area contributed by atoms with Crippen LogP contribution in [0.15, 0.2) is 12.1 Å². The molecule has 0 fully saturated rings. The molecule has 1 aromatic carbocycles. The molecule has 0 aliphatic heterocycles. The third-order valence-corrected chi connectivity index (χ3v) is 3.09. The Morgan fingerprint density at radius 3 is 2.38 bits per heavy atom. The third kappa shape index (κ3) is 2.47.